The molecule has 106 valence electrons. The molecule has 1 N–H and O–H groups in total. The van der Waals surface area contributed by atoms with Crippen molar-refractivity contribution in [3.05, 3.63) is 12.2 Å². The number of carbonyl (C=O) groups is 1. The molecule has 0 aliphatic carbocycles. The third kappa shape index (κ3) is 3.89. The van der Waals surface area contributed by atoms with Crippen LogP contribution in [0.25, 0.3) is 0 Å². The SMILES string of the molecule is C=C(C)C(=O)OC(C(F)(F)P)C(F)(F)S(=O)(=O)O. The van der Waals surface area contributed by atoms with Gasteiger partial charge in [-0.05, 0) is 6.92 Å². The maximum absolute atomic E-state index is 13.1. The van der Waals surface area contributed by atoms with E-state index in [1.54, 1.807) is 0 Å². The second kappa shape index (κ2) is 5.10. The van der Waals surface area contributed by atoms with Gasteiger partial charge in [0.1, 0.15) is 0 Å². The van der Waals surface area contributed by atoms with Crippen LogP contribution in [0.3, 0.4) is 0 Å². The monoisotopic (exact) mass is 312 g/mol. The molecule has 0 amide bonds. The number of hydrogen-bond donors (Lipinski definition) is 1. The van der Waals surface area contributed by atoms with Crippen molar-refractivity contribution in [3.63, 3.8) is 0 Å². The molecule has 0 saturated heterocycles. The summed E-state index contributed by atoms with van der Waals surface area (Å²) in [4.78, 5) is 10.9. The summed E-state index contributed by atoms with van der Waals surface area (Å²) in [5.74, 6) is -1.65. The summed E-state index contributed by atoms with van der Waals surface area (Å²) < 4.78 is 84.4. The van der Waals surface area contributed by atoms with Gasteiger partial charge in [-0.25, -0.2) is 4.79 Å². The van der Waals surface area contributed by atoms with Crippen LogP contribution in [0.15, 0.2) is 12.2 Å². The minimum absolute atomic E-state index is 0.500. The molecule has 0 fully saturated rings. The first kappa shape index (κ1) is 17.3. The summed E-state index contributed by atoms with van der Waals surface area (Å²) in [6.07, 6.45) is -3.70. The van der Waals surface area contributed by atoms with Crippen LogP contribution in [0.1, 0.15) is 6.92 Å². The first-order chi connectivity index (χ1) is 7.71. The Morgan fingerprint density at radius 2 is 1.78 bits per heavy atom. The third-order valence-electron chi connectivity index (χ3n) is 1.57. The Hall–Kier alpha value is -0.730. The van der Waals surface area contributed by atoms with E-state index in [1.807, 2.05) is 0 Å². The van der Waals surface area contributed by atoms with Crippen LogP contribution < -0.4 is 0 Å². The van der Waals surface area contributed by atoms with Crippen molar-refractivity contribution in [1.29, 1.82) is 0 Å². The van der Waals surface area contributed by atoms with Gasteiger partial charge in [-0.15, -0.1) is 0 Å². The van der Waals surface area contributed by atoms with Crippen molar-refractivity contribution in [2.24, 2.45) is 0 Å². The van der Waals surface area contributed by atoms with Crippen molar-refractivity contribution in [1.82, 2.24) is 0 Å². The van der Waals surface area contributed by atoms with Crippen LogP contribution in [0.5, 0.6) is 0 Å². The highest BCUT2D eigenvalue weighted by molar-refractivity contribution is 7.86. The lowest BCUT2D eigenvalue weighted by Gasteiger charge is -2.28. The molecule has 11 heteroatoms. The zero-order valence-electron chi connectivity index (χ0n) is 8.86. The topological polar surface area (TPSA) is 80.7 Å². The van der Waals surface area contributed by atoms with Crippen molar-refractivity contribution >= 4 is 25.3 Å². The van der Waals surface area contributed by atoms with E-state index >= 15 is 0 Å². The highest BCUT2D eigenvalue weighted by Gasteiger charge is 2.63. The van der Waals surface area contributed by atoms with E-state index in [-0.39, 0.29) is 0 Å². The summed E-state index contributed by atoms with van der Waals surface area (Å²) in [5, 5.41) is -5.37. The second-order valence-corrected chi connectivity index (χ2v) is 5.54. The Morgan fingerprint density at radius 3 is 2.00 bits per heavy atom. The number of carbonyl (C=O) groups excluding carboxylic acids is 1. The number of rotatable bonds is 5. The van der Waals surface area contributed by atoms with Crippen molar-refractivity contribution in [2.75, 3.05) is 0 Å². The molecule has 0 aromatic carbocycles. The molecule has 2 unspecified atom stereocenters. The zero-order valence-corrected chi connectivity index (χ0v) is 10.8. The molecule has 0 rings (SSSR count). The van der Waals surface area contributed by atoms with Gasteiger partial charge in [0, 0.05) is 5.57 Å². The Morgan fingerprint density at radius 1 is 1.39 bits per heavy atom. The Kier molecular flexibility index (Phi) is 4.89. The van der Waals surface area contributed by atoms with Gasteiger partial charge in [0.25, 0.3) is 0 Å². The lowest BCUT2D eigenvalue weighted by Crippen LogP contribution is -2.51. The van der Waals surface area contributed by atoms with E-state index < -0.39 is 38.7 Å². The largest absolute Gasteiger partial charge is 0.444 e. The molecule has 2 atom stereocenters. The summed E-state index contributed by atoms with van der Waals surface area (Å²) >= 11 is 0. The molecular formula is C7H9F4O5PS. The highest BCUT2D eigenvalue weighted by Crippen LogP contribution is 2.40. The summed E-state index contributed by atoms with van der Waals surface area (Å²) in [7, 11) is -5.59. The van der Waals surface area contributed by atoms with Crippen molar-refractivity contribution in [3.8, 4) is 0 Å². The molecule has 0 saturated carbocycles. The lowest BCUT2D eigenvalue weighted by molar-refractivity contribution is -0.182. The Balaban J connectivity index is 5.55. The molecule has 0 bridgehead atoms. The smallest absolute Gasteiger partial charge is 0.411 e. The van der Waals surface area contributed by atoms with E-state index in [0.29, 0.717) is 9.24 Å². The third-order valence-corrected chi connectivity index (χ3v) is 2.78. The molecule has 0 aromatic rings. The fourth-order valence-electron chi connectivity index (χ4n) is 0.714. The number of esters is 1. The number of halogens is 4. The molecule has 0 aliphatic rings. The molecular weight excluding hydrogens is 303 g/mol. The minimum atomic E-state index is -6.19. The quantitative estimate of drug-likeness (QED) is 0.273. The first-order valence-electron chi connectivity index (χ1n) is 4.09. The average molecular weight is 312 g/mol. The summed E-state index contributed by atoms with van der Waals surface area (Å²) in [5.41, 5.74) is -4.98. The van der Waals surface area contributed by atoms with Crippen molar-refractivity contribution in [2.45, 2.75) is 23.9 Å². The molecule has 0 heterocycles. The van der Waals surface area contributed by atoms with E-state index in [2.05, 4.69) is 11.3 Å². The molecule has 5 nitrogen and oxygen atoms in total. The van der Waals surface area contributed by atoms with Crippen molar-refractivity contribution < 1.29 is 40.1 Å². The Bertz CT molecular complexity index is 455. The van der Waals surface area contributed by atoms with Crippen LogP contribution in [-0.4, -0.2) is 36.0 Å². The predicted molar refractivity (Wildman–Crippen MR) is 55.8 cm³/mol. The van der Waals surface area contributed by atoms with E-state index in [1.165, 1.54) is 0 Å². The molecule has 0 radical (unpaired) electrons. The van der Waals surface area contributed by atoms with E-state index in [4.69, 9.17) is 4.55 Å². The van der Waals surface area contributed by atoms with Crippen LogP contribution in [0, 0.1) is 0 Å². The summed E-state index contributed by atoms with van der Waals surface area (Å²) in [6.45, 7) is 3.93. The molecule has 18 heavy (non-hydrogen) atoms. The number of ether oxygens (including phenoxy) is 1. The highest BCUT2D eigenvalue weighted by atomic mass is 32.2. The van der Waals surface area contributed by atoms with E-state index in [9.17, 15) is 30.8 Å². The minimum Gasteiger partial charge on any atom is -0.444 e. The molecule has 0 spiro atoms. The van der Waals surface area contributed by atoms with Gasteiger partial charge < -0.3 is 4.74 Å². The standard InChI is InChI=1S/C7H9F4O5PS/c1-3(2)4(12)16-5(6(8,9)17)7(10,11)18(13,14)15/h5H,1,17H2,2H3,(H,13,14,15). The average Bonchev–Trinajstić information content (AvgIpc) is 2.09. The van der Waals surface area contributed by atoms with Gasteiger partial charge in [0.05, 0.1) is 0 Å². The maximum atomic E-state index is 13.1. The van der Waals surface area contributed by atoms with Gasteiger partial charge >= 0.3 is 27.0 Å². The predicted octanol–water partition coefficient (Wildman–Crippen LogP) is 1.42. The second-order valence-electron chi connectivity index (χ2n) is 3.28. The number of alkyl halides is 4. The number of hydrogen-bond acceptors (Lipinski definition) is 4. The van der Waals surface area contributed by atoms with Crippen LogP contribution in [0.4, 0.5) is 17.6 Å². The van der Waals surface area contributed by atoms with Gasteiger partial charge in [-0.3, -0.25) is 4.55 Å². The lowest BCUT2D eigenvalue weighted by atomic mass is 10.3. The van der Waals surface area contributed by atoms with Crippen LogP contribution in [0.2, 0.25) is 0 Å². The normalized spacial score (nSPS) is 15.1. The van der Waals surface area contributed by atoms with E-state index in [0.717, 1.165) is 6.92 Å². The van der Waals surface area contributed by atoms with Gasteiger partial charge in [0.15, 0.2) is 0 Å². The van der Waals surface area contributed by atoms with Crippen LogP contribution >= 0.6 is 9.24 Å². The van der Waals surface area contributed by atoms with Gasteiger partial charge in [0.2, 0.25) is 6.10 Å². The van der Waals surface area contributed by atoms with Crippen LogP contribution in [-0.2, 0) is 19.6 Å². The summed E-state index contributed by atoms with van der Waals surface area (Å²) in [6, 6.07) is 0. The fourth-order valence-corrected chi connectivity index (χ4v) is 1.59. The molecule has 0 aliphatic heterocycles. The zero-order chi connectivity index (χ0) is 14.9. The maximum Gasteiger partial charge on any atom is 0.411 e. The molecule has 0 aromatic heterocycles. The van der Waals surface area contributed by atoms with Gasteiger partial charge in [-0.2, -0.15) is 26.0 Å². The first-order valence-corrected chi connectivity index (χ1v) is 6.11. The Labute approximate surface area is 102 Å². The van der Waals surface area contributed by atoms with Gasteiger partial charge in [-0.1, -0.05) is 15.8 Å². The fraction of sp³-hybridized carbons (Fsp3) is 0.571.